The minimum atomic E-state index is -3.12. The summed E-state index contributed by atoms with van der Waals surface area (Å²) in [6.45, 7) is 3.38. The van der Waals surface area contributed by atoms with Crippen LogP contribution < -0.4 is 4.74 Å². The fourth-order valence-electron chi connectivity index (χ4n) is 3.17. The summed E-state index contributed by atoms with van der Waals surface area (Å²) in [6.07, 6.45) is 3.93. The number of hydrogen-bond acceptors (Lipinski definition) is 6. The smallest absolute Gasteiger partial charge is 0.331 e. The lowest BCUT2D eigenvalue weighted by Gasteiger charge is -2.33. The summed E-state index contributed by atoms with van der Waals surface area (Å²) in [4.78, 5) is 26.1. The minimum absolute atomic E-state index is 0.0350. The van der Waals surface area contributed by atoms with Gasteiger partial charge < -0.3 is 14.4 Å². The maximum absolute atomic E-state index is 12.6. The molecular formula is C20H27NO6S. The number of methoxy groups -OCH3 is 1. The SMILES string of the molecule is CC[C@H](C)N(C(=O)COC(=O)/C=C/c1cccc(OC)c1)[C@@H]1CCS(=O)(=O)C1. The van der Waals surface area contributed by atoms with E-state index in [0.717, 1.165) is 5.56 Å². The Morgan fingerprint density at radius 1 is 1.36 bits per heavy atom. The van der Waals surface area contributed by atoms with E-state index in [2.05, 4.69) is 0 Å². The number of carbonyl (C=O) groups is 2. The van der Waals surface area contributed by atoms with Gasteiger partial charge in [0.1, 0.15) is 5.75 Å². The number of rotatable bonds is 8. The van der Waals surface area contributed by atoms with Crippen molar-refractivity contribution in [3.05, 3.63) is 35.9 Å². The van der Waals surface area contributed by atoms with Gasteiger partial charge in [0.05, 0.1) is 18.6 Å². The zero-order valence-corrected chi connectivity index (χ0v) is 17.3. The van der Waals surface area contributed by atoms with E-state index in [-0.39, 0.29) is 29.5 Å². The standard InChI is InChI=1S/C20H27NO6S/c1-4-15(2)21(17-10-11-28(24,25)14-17)19(22)13-27-20(23)9-8-16-6-5-7-18(12-16)26-3/h5-9,12,15,17H,4,10-11,13-14H2,1-3H3/b9-8+/t15-,17+/m0/s1. The van der Waals surface area contributed by atoms with Crippen molar-refractivity contribution in [3.8, 4) is 5.75 Å². The molecule has 0 unspecified atom stereocenters. The van der Waals surface area contributed by atoms with Crippen molar-refractivity contribution in [2.24, 2.45) is 0 Å². The van der Waals surface area contributed by atoms with Crippen LogP contribution in [0.3, 0.4) is 0 Å². The summed E-state index contributed by atoms with van der Waals surface area (Å²) in [6, 6.07) is 6.67. The van der Waals surface area contributed by atoms with E-state index in [0.29, 0.717) is 18.6 Å². The molecule has 1 aliphatic rings. The third-order valence-electron chi connectivity index (χ3n) is 4.80. The van der Waals surface area contributed by atoms with Gasteiger partial charge in [-0.15, -0.1) is 0 Å². The normalized spacial score (nSPS) is 19.3. The quantitative estimate of drug-likeness (QED) is 0.482. The Labute approximate surface area is 166 Å². The van der Waals surface area contributed by atoms with E-state index in [1.807, 2.05) is 19.9 Å². The van der Waals surface area contributed by atoms with Gasteiger partial charge in [0.2, 0.25) is 0 Å². The maximum atomic E-state index is 12.6. The third-order valence-corrected chi connectivity index (χ3v) is 6.55. The Bertz CT molecular complexity index is 833. The topological polar surface area (TPSA) is 90.0 Å². The summed E-state index contributed by atoms with van der Waals surface area (Å²) < 4.78 is 33.7. The minimum Gasteiger partial charge on any atom is -0.497 e. The van der Waals surface area contributed by atoms with Gasteiger partial charge in [0.25, 0.3) is 5.91 Å². The first-order chi connectivity index (χ1) is 13.3. The van der Waals surface area contributed by atoms with Crippen molar-refractivity contribution in [2.75, 3.05) is 25.2 Å². The molecule has 7 nitrogen and oxygen atoms in total. The third kappa shape index (κ3) is 6.09. The van der Waals surface area contributed by atoms with Gasteiger partial charge in [0, 0.05) is 18.2 Å². The summed E-state index contributed by atoms with van der Waals surface area (Å²) >= 11 is 0. The predicted molar refractivity (Wildman–Crippen MR) is 107 cm³/mol. The van der Waals surface area contributed by atoms with E-state index < -0.39 is 22.4 Å². The summed E-state index contributed by atoms with van der Waals surface area (Å²) in [5.74, 6) is -0.298. The lowest BCUT2D eigenvalue weighted by Crippen LogP contribution is -2.48. The summed E-state index contributed by atoms with van der Waals surface area (Å²) in [5, 5.41) is 0. The second kappa shape index (κ2) is 9.73. The Hall–Kier alpha value is -2.35. The number of amides is 1. The molecule has 1 heterocycles. The highest BCUT2D eigenvalue weighted by Crippen LogP contribution is 2.21. The van der Waals surface area contributed by atoms with Crippen molar-refractivity contribution >= 4 is 27.8 Å². The number of benzene rings is 1. The number of nitrogens with zero attached hydrogens (tertiary/aromatic N) is 1. The van der Waals surface area contributed by atoms with E-state index >= 15 is 0 Å². The van der Waals surface area contributed by atoms with Crippen molar-refractivity contribution < 1.29 is 27.5 Å². The van der Waals surface area contributed by atoms with E-state index in [4.69, 9.17) is 9.47 Å². The van der Waals surface area contributed by atoms with E-state index in [1.54, 1.807) is 36.3 Å². The second-order valence-electron chi connectivity index (χ2n) is 6.83. The van der Waals surface area contributed by atoms with Crippen LogP contribution in [0.1, 0.15) is 32.3 Å². The van der Waals surface area contributed by atoms with E-state index in [9.17, 15) is 18.0 Å². The van der Waals surface area contributed by atoms with Crippen LogP contribution in [0.4, 0.5) is 0 Å². The number of hydrogen-bond donors (Lipinski definition) is 0. The molecule has 8 heteroatoms. The monoisotopic (exact) mass is 409 g/mol. The molecule has 154 valence electrons. The molecule has 1 fully saturated rings. The Kier molecular flexibility index (Phi) is 7.62. The van der Waals surface area contributed by atoms with Crippen molar-refractivity contribution in [3.63, 3.8) is 0 Å². The molecule has 1 aromatic carbocycles. The van der Waals surface area contributed by atoms with Crippen LogP contribution in [-0.2, 0) is 24.2 Å². The lowest BCUT2D eigenvalue weighted by molar-refractivity contribution is -0.150. The van der Waals surface area contributed by atoms with Gasteiger partial charge >= 0.3 is 5.97 Å². The van der Waals surface area contributed by atoms with Crippen LogP contribution in [0.25, 0.3) is 6.08 Å². The van der Waals surface area contributed by atoms with Crippen LogP contribution in [0.2, 0.25) is 0 Å². The molecule has 0 aliphatic carbocycles. The van der Waals surface area contributed by atoms with Gasteiger partial charge in [-0.25, -0.2) is 13.2 Å². The first kappa shape index (κ1) is 21.9. The molecule has 1 aromatic rings. The van der Waals surface area contributed by atoms with Gasteiger partial charge in [-0.05, 0) is 43.5 Å². The molecule has 0 radical (unpaired) electrons. The highest BCUT2D eigenvalue weighted by molar-refractivity contribution is 7.91. The second-order valence-corrected chi connectivity index (χ2v) is 9.06. The first-order valence-corrected chi connectivity index (χ1v) is 11.1. The van der Waals surface area contributed by atoms with Crippen LogP contribution in [0.5, 0.6) is 5.75 Å². The molecule has 0 spiro atoms. The van der Waals surface area contributed by atoms with Crippen LogP contribution in [-0.4, -0.2) is 62.5 Å². The zero-order chi connectivity index (χ0) is 20.7. The Balaban J connectivity index is 1.95. The lowest BCUT2D eigenvalue weighted by atomic mass is 10.1. The number of ether oxygens (including phenoxy) is 2. The molecule has 2 atom stereocenters. The van der Waals surface area contributed by atoms with Gasteiger partial charge in [-0.3, -0.25) is 4.79 Å². The Morgan fingerprint density at radius 3 is 2.71 bits per heavy atom. The fraction of sp³-hybridized carbons (Fsp3) is 0.500. The maximum Gasteiger partial charge on any atom is 0.331 e. The number of carbonyl (C=O) groups excluding carboxylic acids is 2. The molecule has 0 aromatic heterocycles. The molecule has 2 rings (SSSR count). The largest absolute Gasteiger partial charge is 0.497 e. The van der Waals surface area contributed by atoms with E-state index in [1.165, 1.54) is 6.08 Å². The van der Waals surface area contributed by atoms with Crippen molar-refractivity contribution in [1.29, 1.82) is 0 Å². The van der Waals surface area contributed by atoms with Gasteiger partial charge in [-0.1, -0.05) is 19.1 Å². The molecule has 0 N–H and O–H groups in total. The number of sulfone groups is 1. The molecule has 1 amide bonds. The molecule has 0 saturated carbocycles. The fourth-order valence-corrected chi connectivity index (χ4v) is 4.88. The zero-order valence-electron chi connectivity index (χ0n) is 16.5. The summed E-state index contributed by atoms with van der Waals surface area (Å²) in [7, 11) is -1.56. The predicted octanol–water partition coefficient (Wildman–Crippen LogP) is 2.07. The average molecular weight is 410 g/mol. The molecular weight excluding hydrogens is 382 g/mol. The van der Waals surface area contributed by atoms with Crippen molar-refractivity contribution in [2.45, 2.75) is 38.8 Å². The van der Waals surface area contributed by atoms with Crippen molar-refractivity contribution in [1.82, 2.24) is 4.90 Å². The number of esters is 1. The Morgan fingerprint density at radius 2 is 2.11 bits per heavy atom. The molecule has 28 heavy (non-hydrogen) atoms. The molecule has 0 bridgehead atoms. The van der Waals surface area contributed by atoms with Crippen LogP contribution in [0.15, 0.2) is 30.3 Å². The molecule has 1 saturated heterocycles. The molecule has 1 aliphatic heterocycles. The van der Waals surface area contributed by atoms with Crippen LogP contribution in [0, 0.1) is 0 Å². The average Bonchev–Trinajstić information content (AvgIpc) is 3.04. The highest BCUT2D eigenvalue weighted by Gasteiger charge is 2.36. The van der Waals surface area contributed by atoms with Crippen LogP contribution >= 0.6 is 0 Å². The highest BCUT2D eigenvalue weighted by atomic mass is 32.2. The van der Waals surface area contributed by atoms with Gasteiger partial charge in [0.15, 0.2) is 16.4 Å². The van der Waals surface area contributed by atoms with Gasteiger partial charge in [-0.2, -0.15) is 0 Å². The first-order valence-electron chi connectivity index (χ1n) is 9.26. The summed E-state index contributed by atoms with van der Waals surface area (Å²) in [5.41, 5.74) is 0.764.